The zero-order chi connectivity index (χ0) is 8.10. The standard InChI is InChI=1S/C6H10N2S3/c1-5(2-9)3-10-6-8-7-4-11-6/h4-5,9H,2-3H2,1H3. The van der Waals surface area contributed by atoms with Crippen molar-refractivity contribution >= 4 is 35.7 Å². The van der Waals surface area contributed by atoms with Gasteiger partial charge < -0.3 is 0 Å². The number of nitrogens with zero attached hydrogens (tertiary/aromatic N) is 2. The van der Waals surface area contributed by atoms with Gasteiger partial charge in [-0.05, 0) is 11.7 Å². The van der Waals surface area contributed by atoms with Crippen molar-refractivity contribution in [3.8, 4) is 0 Å². The summed E-state index contributed by atoms with van der Waals surface area (Å²) in [7, 11) is 0. The fourth-order valence-electron chi connectivity index (χ4n) is 0.492. The third-order valence-corrected chi connectivity index (χ3v) is 3.96. The van der Waals surface area contributed by atoms with Gasteiger partial charge in [0.05, 0.1) is 0 Å². The van der Waals surface area contributed by atoms with E-state index >= 15 is 0 Å². The highest BCUT2D eigenvalue weighted by molar-refractivity contribution is 8.01. The van der Waals surface area contributed by atoms with Gasteiger partial charge in [0.2, 0.25) is 0 Å². The lowest BCUT2D eigenvalue weighted by Crippen LogP contribution is -1.98. The fourth-order valence-corrected chi connectivity index (χ4v) is 2.33. The molecular formula is C6H10N2S3. The second-order valence-corrected chi connectivity index (χ2v) is 4.77. The van der Waals surface area contributed by atoms with Crippen LogP contribution in [0.1, 0.15) is 6.92 Å². The minimum atomic E-state index is 0.646. The average molecular weight is 206 g/mol. The quantitative estimate of drug-likeness (QED) is 0.604. The van der Waals surface area contributed by atoms with E-state index in [1.165, 1.54) is 0 Å². The molecule has 62 valence electrons. The maximum Gasteiger partial charge on any atom is 0.174 e. The summed E-state index contributed by atoms with van der Waals surface area (Å²) in [5.41, 5.74) is 1.76. The molecule has 1 unspecified atom stereocenters. The molecule has 1 atom stereocenters. The van der Waals surface area contributed by atoms with Gasteiger partial charge in [0, 0.05) is 5.75 Å². The maximum atomic E-state index is 4.20. The van der Waals surface area contributed by atoms with E-state index in [4.69, 9.17) is 0 Å². The molecule has 0 bridgehead atoms. The summed E-state index contributed by atoms with van der Waals surface area (Å²) in [6, 6.07) is 0. The van der Waals surface area contributed by atoms with E-state index in [-0.39, 0.29) is 0 Å². The highest BCUT2D eigenvalue weighted by atomic mass is 32.2. The zero-order valence-electron chi connectivity index (χ0n) is 6.23. The highest BCUT2D eigenvalue weighted by Crippen LogP contribution is 2.21. The lowest BCUT2D eigenvalue weighted by Gasteiger charge is -2.03. The summed E-state index contributed by atoms with van der Waals surface area (Å²) in [5.74, 6) is 2.66. The van der Waals surface area contributed by atoms with Crippen LogP contribution in [0, 0.1) is 5.92 Å². The maximum absolute atomic E-state index is 4.20. The largest absolute Gasteiger partial charge is 0.179 e. The Labute approximate surface area is 80.2 Å². The molecule has 1 rings (SSSR count). The summed E-state index contributed by atoms with van der Waals surface area (Å²) in [5, 5.41) is 7.68. The van der Waals surface area contributed by atoms with E-state index in [0.29, 0.717) is 5.92 Å². The molecule has 0 aliphatic carbocycles. The van der Waals surface area contributed by atoms with Gasteiger partial charge in [-0.1, -0.05) is 30.0 Å². The van der Waals surface area contributed by atoms with E-state index in [9.17, 15) is 0 Å². The monoisotopic (exact) mass is 206 g/mol. The minimum Gasteiger partial charge on any atom is -0.179 e. The number of thioether (sulfide) groups is 1. The molecule has 5 heteroatoms. The molecule has 0 amide bonds. The first-order chi connectivity index (χ1) is 5.33. The van der Waals surface area contributed by atoms with Gasteiger partial charge in [0.1, 0.15) is 5.51 Å². The summed E-state index contributed by atoms with van der Waals surface area (Å²) >= 11 is 7.55. The summed E-state index contributed by atoms with van der Waals surface area (Å²) in [4.78, 5) is 0. The Hall–Kier alpha value is 0.260. The molecular weight excluding hydrogens is 196 g/mol. The Morgan fingerprint density at radius 2 is 2.64 bits per heavy atom. The van der Waals surface area contributed by atoms with Crippen molar-refractivity contribution in [3.63, 3.8) is 0 Å². The van der Waals surface area contributed by atoms with E-state index in [2.05, 4.69) is 29.7 Å². The van der Waals surface area contributed by atoms with Crippen molar-refractivity contribution in [1.82, 2.24) is 10.2 Å². The average Bonchev–Trinajstić information content (AvgIpc) is 2.52. The minimum absolute atomic E-state index is 0.646. The van der Waals surface area contributed by atoms with Crippen molar-refractivity contribution in [1.29, 1.82) is 0 Å². The van der Waals surface area contributed by atoms with Crippen LogP contribution in [-0.4, -0.2) is 21.7 Å². The van der Waals surface area contributed by atoms with Crippen LogP contribution in [0.25, 0.3) is 0 Å². The van der Waals surface area contributed by atoms with Crippen LogP contribution < -0.4 is 0 Å². The van der Waals surface area contributed by atoms with Crippen molar-refractivity contribution in [2.24, 2.45) is 5.92 Å². The molecule has 0 radical (unpaired) electrons. The Balaban J connectivity index is 2.23. The molecule has 0 N–H and O–H groups in total. The Bertz CT molecular complexity index is 188. The highest BCUT2D eigenvalue weighted by Gasteiger charge is 2.02. The van der Waals surface area contributed by atoms with Crippen LogP contribution in [0.5, 0.6) is 0 Å². The molecule has 0 saturated carbocycles. The molecule has 1 aromatic rings. The molecule has 0 aromatic carbocycles. The molecule has 11 heavy (non-hydrogen) atoms. The number of thiol groups is 1. The molecule has 0 aliphatic rings. The Morgan fingerprint density at radius 3 is 3.18 bits per heavy atom. The van der Waals surface area contributed by atoms with Crippen LogP contribution in [0.4, 0.5) is 0 Å². The summed E-state index contributed by atoms with van der Waals surface area (Å²) in [6.07, 6.45) is 0. The second kappa shape index (κ2) is 5.00. The topological polar surface area (TPSA) is 25.8 Å². The normalized spacial score (nSPS) is 13.3. The van der Waals surface area contributed by atoms with Gasteiger partial charge in [-0.25, -0.2) is 0 Å². The van der Waals surface area contributed by atoms with E-state index in [1.807, 2.05) is 0 Å². The van der Waals surface area contributed by atoms with E-state index in [0.717, 1.165) is 15.8 Å². The first-order valence-corrected chi connectivity index (χ1v) is 5.82. The lowest BCUT2D eigenvalue weighted by molar-refractivity contribution is 0.766. The first-order valence-electron chi connectivity index (χ1n) is 3.32. The van der Waals surface area contributed by atoms with E-state index in [1.54, 1.807) is 28.6 Å². The van der Waals surface area contributed by atoms with Crippen LogP contribution in [0.2, 0.25) is 0 Å². The predicted molar refractivity (Wildman–Crippen MR) is 53.7 cm³/mol. The fraction of sp³-hybridized carbons (Fsp3) is 0.667. The summed E-state index contributed by atoms with van der Waals surface area (Å²) < 4.78 is 1.05. The van der Waals surface area contributed by atoms with Crippen LogP contribution in [0.3, 0.4) is 0 Å². The van der Waals surface area contributed by atoms with Gasteiger partial charge in [0.25, 0.3) is 0 Å². The molecule has 1 heterocycles. The molecule has 2 nitrogen and oxygen atoms in total. The lowest BCUT2D eigenvalue weighted by atomic mass is 10.3. The zero-order valence-corrected chi connectivity index (χ0v) is 8.75. The van der Waals surface area contributed by atoms with E-state index < -0.39 is 0 Å². The number of rotatable bonds is 4. The molecule has 0 spiro atoms. The van der Waals surface area contributed by atoms with Crippen molar-refractivity contribution in [2.75, 3.05) is 11.5 Å². The molecule has 0 saturated heterocycles. The smallest absolute Gasteiger partial charge is 0.174 e. The van der Waals surface area contributed by atoms with Crippen molar-refractivity contribution in [2.45, 2.75) is 11.3 Å². The van der Waals surface area contributed by atoms with Gasteiger partial charge in [-0.15, -0.1) is 10.2 Å². The molecule has 0 fully saturated rings. The van der Waals surface area contributed by atoms with Gasteiger partial charge >= 0.3 is 0 Å². The van der Waals surface area contributed by atoms with Crippen LogP contribution in [0.15, 0.2) is 9.85 Å². The number of hydrogen-bond donors (Lipinski definition) is 1. The third kappa shape index (κ3) is 3.44. The second-order valence-electron chi connectivity index (χ2n) is 2.30. The van der Waals surface area contributed by atoms with Gasteiger partial charge in [-0.3, -0.25) is 0 Å². The Morgan fingerprint density at radius 1 is 1.82 bits per heavy atom. The van der Waals surface area contributed by atoms with Gasteiger partial charge in [-0.2, -0.15) is 12.6 Å². The SMILES string of the molecule is CC(CS)CSc1nncs1. The van der Waals surface area contributed by atoms with Crippen LogP contribution >= 0.6 is 35.7 Å². The third-order valence-electron chi connectivity index (χ3n) is 1.14. The van der Waals surface area contributed by atoms with Crippen LogP contribution in [-0.2, 0) is 0 Å². The number of aromatic nitrogens is 2. The first kappa shape index (κ1) is 9.35. The molecule has 0 aliphatic heterocycles. The number of hydrogen-bond acceptors (Lipinski definition) is 5. The Kier molecular flexibility index (Phi) is 4.25. The predicted octanol–water partition coefficient (Wildman–Crippen LogP) is 2.20. The van der Waals surface area contributed by atoms with Crippen molar-refractivity contribution in [3.05, 3.63) is 5.51 Å². The summed E-state index contributed by atoms with van der Waals surface area (Å²) in [6.45, 7) is 2.18. The van der Waals surface area contributed by atoms with Crippen molar-refractivity contribution < 1.29 is 0 Å². The molecule has 1 aromatic heterocycles. The van der Waals surface area contributed by atoms with Gasteiger partial charge in [0.15, 0.2) is 4.34 Å².